The molecule has 1 saturated heterocycles. The molecule has 1 aromatic rings. The largest absolute Gasteiger partial charge is 0.326 e. The van der Waals surface area contributed by atoms with Crippen molar-refractivity contribution in [3.05, 3.63) is 27.7 Å². The van der Waals surface area contributed by atoms with Crippen molar-refractivity contribution in [1.29, 1.82) is 0 Å². The molecule has 0 spiro atoms. The number of halogens is 1. The van der Waals surface area contributed by atoms with Crippen molar-refractivity contribution < 1.29 is 4.79 Å². The minimum atomic E-state index is 0.116. The summed E-state index contributed by atoms with van der Waals surface area (Å²) in [6.07, 6.45) is 1.72. The number of carbonyl (C=O) groups is 1. The highest BCUT2D eigenvalue weighted by molar-refractivity contribution is 9.10. The van der Waals surface area contributed by atoms with Gasteiger partial charge >= 0.3 is 0 Å². The Morgan fingerprint density at radius 3 is 2.67 bits per heavy atom. The second-order valence-corrected chi connectivity index (χ2v) is 5.83. The van der Waals surface area contributed by atoms with Crippen LogP contribution in [0.2, 0.25) is 0 Å². The maximum atomic E-state index is 11.9. The number of carbonyl (C=O) groups excluding carboxylic acids is 1. The number of hydrogen-bond acceptors (Lipinski definition) is 2. The Hall–Kier alpha value is -0.870. The molecule has 1 heterocycles. The molecule has 0 bridgehead atoms. The van der Waals surface area contributed by atoms with Gasteiger partial charge in [-0.2, -0.15) is 0 Å². The van der Waals surface area contributed by atoms with Gasteiger partial charge in [0.1, 0.15) is 0 Å². The lowest BCUT2D eigenvalue weighted by Crippen LogP contribution is -2.18. The van der Waals surface area contributed by atoms with Crippen LogP contribution in [-0.2, 0) is 4.79 Å². The van der Waals surface area contributed by atoms with Gasteiger partial charge in [-0.1, -0.05) is 15.9 Å². The minimum Gasteiger partial charge on any atom is -0.326 e. The first kappa shape index (κ1) is 13.6. The topological polar surface area (TPSA) is 41.1 Å². The van der Waals surface area contributed by atoms with Gasteiger partial charge in [0, 0.05) is 16.6 Å². The molecule has 18 heavy (non-hydrogen) atoms. The highest BCUT2D eigenvalue weighted by atomic mass is 79.9. The van der Waals surface area contributed by atoms with E-state index in [9.17, 15) is 4.79 Å². The fourth-order valence-corrected chi connectivity index (χ4v) is 2.61. The lowest BCUT2D eigenvalue weighted by atomic mass is 10.0. The first-order valence-corrected chi connectivity index (χ1v) is 7.13. The summed E-state index contributed by atoms with van der Waals surface area (Å²) in [4.78, 5) is 11.9. The van der Waals surface area contributed by atoms with E-state index >= 15 is 0 Å². The number of amides is 1. The van der Waals surface area contributed by atoms with Gasteiger partial charge in [-0.15, -0.1) is 0 Å². The maximum Gasteiger partial charge on any atom is 0.224 e. The van der Waals surface area contributed by atoms with Crippen LogP contribution in [0.25, 0.3) is 0 Å². The van der Waals surface area contributed by atoms with Gasteiger partial charge < -0.3 is 10.6 Å². The van der Waals surface area contributed by atoms with Crippen LogP contribution in [0, 0.1) is 19.8 Å². The Bertz CT molecular complexity index is 430. The van der Waals surface area contributed by atoms with E-state index in [1.807, 2.05) is 26.0 Å². The van der Waals surface area contributed by atoms with Crippen LogP contribution in [-0.4, -0.2) is 19.0 Å². The molecule has 0 aliphatic carbocycles. The van der Waals surface area contributed by atoms with Crippen molar-refractivity contribution in [3.63, 3.8) is 0 Å². The zero-order valence-electron chi connectivity index (χ0n) is 10.8. The zero-order valence-corrected chi connectivity index (χ0v) is 12.4. The van der Waals surface area contributed by atoms with Crippen molar-refractivity contribution >= 4 is 27.5 Å². The van der Waals surface area contributed by atoms with E-state index in [1.54, 1.807) is 0 Å². The lowest BCUT2D eigenvalue weighted by molar-refractivity contribution is -0.116. The number of anilines is 1. The van der Waals surface area contributed by atoms with Gasteiger partial charge in [0.25, 0.3) is 0 Å². The quantitative estimate of drug-likeness (QED) is 0.901. The van der Waals surface area contributed by atoms with Gasteiger partial charge in [-0.05, 0) is 62.5 Å². The zero-order chi connectivity index (χ0) is 13.1. The lowest BCUT2D eigenvalue weighted by Gasteiger charge is -2.11. The third-order valence-corrected chi connectivity index (χ3v) is 4.61. The van der Waals surface area contributed by atoms with Crippen LogP contribution in [0.15, 0.2) is 16.6 Å². The molecular formula is C14H19BrN2O. The minimum absolute atomic E-state index is 0.116. The van der Waals surface area contributed by atoms with E-state index in [-0.39, 0.29) is 5.91 Å². The second-order valence-electron chi connectivity index (χ2n) is 5.04. The summed E-state index contributed by atoms with van der Waals surface area (Å²) >= 11 is 3.53. The molecule has 1 aliphatic rings. The number of aryl methyl sites for hydroxylation is 2. The monoisotopic (exact) mass is 310 g/mol. The Kier molecular flexibility index (Phi) is 4.40. The van der Waals surface area contributed by atoms with Crippen molar-refractivity contribution in [2.24, 2.45) is 5.92 Å². The fourth-order valence-electron chi connectivity index (χ4n) is 2.38. The second kappa shape index (κ2) is 5.85. The van der Waals surface area contributed by atoms with Gasteiger partial charge in [0.2, 0.25) is 5.91 Å². The van der Waals surface area contributed by atoms with Crippen LogP contribution < -0.4 is 10.6 Å². The summed E-state index contributed by atoms with van der Waals surface area (Å²) in [5, 5.41) is 6.27. The highest BCUT2D eigenvalue weighted by Gasteiger charge is 2.18. The van der Waals surface area contributed by atoms with E-state index in [2.05, 4.69) is 26.6 Å². The summed E-state index contributed by atoms with van der Waals surface area (Å²) in [5.74, 6) is 0.604. The maximum absolute atomic E-state index is 11.9. The molecule has 1 fully saturated rings. The molecule has 0 aromatic heterocycles. The van der Waals surface area contributed by atoms with Gasteiger partial charge in [0.15, 0.2) is 0 Å². The standard InChI is InChI=1S/C14H19BrN2O/c1-9-5-12(6-10(2)14(9)15)17-13(18)7-11-3-4-16-8-11/h5-6,11,16H,3-4,7-8H2,1-2H3,(H,17,18). The third-order valence-electron chi connectivity index (χ3n) is 3.36. The van der Waals surface area contributed by atoms with Gasteiger partial charge in [0.05, 0.1) is 0 Å². The van der Waals surface area contributed by atoms with E-state index in [0.29, 0.717) is 12.3 Å². The first-order chi connectivity index (χ1) is 8.56. The third kappa shape index (κ3) is 3.33. The summed E-state index contributed by atoms with van der Waals surface area (Å²) in [6.45, 7) is 6.07. The summed E-state index contributed by atoms with van der Waals surface area (Å²) in [5.41, 5.74) is 3.19. The Balaban J connectivity index is 1.98. The van der Waals surface area contributed by atoms with Crippen molar-refractivity contribution in [2.45, 2.75) is 26.7 Å². The van der Waals surface area contributed by atoms with Crippen molar-refractivity contribution in [2.75, 3.05) is 18.4 Å². The number of nitrogens with one attached hydrogen (secondary N) is 2. The summed E-state index contributed by atoms with van der Waals surface area (Å²) in [7, 11) is 0. The predicted octanol–water partition coefficient (Wildman–Crippen LogP) is 3.00. The molecule has 98 valence electrons. The fraction of sp³-hybridized carbons (Fsp3) is 0.500. The van der Waals surface area contributed by atoms with E-state index in [1.165, 1.54) is 0 Å². The Labute approximate surface area is 116 Å². The molecule has 2 N–H and O–H groups in total. The Morgan fingerprint density at radius 2 is 2.11 bits per heavy atom. The molecule has 0 radical (unpaired) electrons. The van der Waals surface area contributed by atoms with E-state index in [4.69, 9.17) is 0 Å². The molecule has 0 saturated carbocycles. The summed E-state index contributed by atoms with van der Waals surface area (Å²) in [6, 6.07) is 4.00. The molecular weight excluding hydrogens is 292 g/mol. The number of hydrogen-bond donors (Lipinski definition) is 2. The Morgan fingerprint density at radius 1 is 1.44 bits per heavy atom. The molecule has 1 unspecified atom stereocenters. The van der Waals surface area contributed by atoms with Crippen LogP contribution in [0.1, 0.15) is 24.0 Å². The van der Waals surface area contributed by atoms with Crippen LogP contribution in [0.4, 0.5) is 5.69 Å². The molecule has 2 rings (SSSR count). The van der Waals surface area contributed by atoms with Gasteiger partial charge in [-0.3, -0.25) is 4.79 Å². The SMILES string of the molecule is Cc1cc(NC(=O)CC2CCNC2)cc(C)c1Br. The van der Waals surface area contributed by atoms with E-state index < -0.39 is 0 Å². The predicted molar refractivity (Wildman–Crippen MR) is 77.8 cm³/mol. The molecule has 1 amide bonds. The summed E-state index contributed by atoms with van der Waals surface area (Å²) < 4.78 is 1.11. The average Bonchev–Trinajstić information content (AvgIpc) is 2.78. The molecule has 4 heteroatoms. The molecule has 1 aromatic carbocycles. The normalized spacial score (nSPS) is 18.9. The van der Waals surface area contributed by atoms with Crippen molar-refractivity contribution in [1.82, 2.24) is 5.32 Å². The van der Waals surface area contributed by atoms with Crippen LogP contribution >= 0.6 is 15.9 Å². The van der Waals surface area contributed by atoms with Gasteiger partial charge in [-0.25, -0.2) is 0 Å². The smallest absolute Gasteiger partial charge is 0.224 e. The van der Waals surface area contributed by atoms with Crippen LogP contribution in [0.3, 0.4) is 0 Å². The molecule has 1 atom stereocenters. The average molecular weight is 311 g/mol. The first-order valence-electron chi connectivity index (χ1n) is 6.33. The molecule has 3 nitrogen and oxygen atoms in total. The number of rotatable bonds is 3. The molecule has 1 aliphatic heterocycles. The van der Waals surface area contributed by atoms with Crippen LogP contribution in [0.5, 0.6) is 0 Å². The van der Waals surface area contributed by atoms with Crippen molar-refractivity contribution in [3.8, 4) is 0 Å². The number of benzene rings is 1. The highest BCUT2D eigenvalue weighted by Crippen LogP contribution is 2.25. The van der Waals surface area contributed by atoms with E-state index in [0.717, 1.165) is 40.8 Å².